The van der Waals surface area contributed by atoms with Gasteiger partial charge in [-0.15, -0.1) is 0 Å². The number of benzene rings is 1. The number of hydrogen-bond donors (Lipinski definition) is 2. The molecule has 5 nitrogen and oxygen atoms in total. The first-order valence-electron chi connectivity index (χ1n) is 7.72. The number of esters is 1. The van der Waals surface area contributed by atoms with Gasteiger partial charge in [-0.1, -0.05) is 30.6 Å². The summed E-state index contributed by atoms with van der Waals surface area (Å²) in [5.41, 5.74) is 1.36. The molecule has 1 heterocycles. The third kappa shape index (κ3) is 3.97. The number of fused-ring (bicyclic) bond motifs is 1. The largest absolute Gasteiger partial charge is 0.465 e. The second kappa shape index (κ2) is 7.23. The quantitative estimate of drug-likeness (QED) is 0.651. The Labute approximate surface area is 144 Å². The molecule has 1 aliphatic carbocycles. The maximum Gasteiger partial charge on any atom is 0.337 e. The first-order chi connectivity index (χ1) is 11.2. The minimum Gasteiger partial charge on any atom is -0.465 e. The van der Waals surface area contributed by atoms with E-state index in [1.165, 1.54) is 50.6 Å². The lowest BCUT2D eigenvalue weighted by atomic mass is 9.96. The third-order valence-electron chi connectivity index (χ3n) is 3.97. The SMILES string of the molecule is COC(=O)c1ccc2nc(NC(=S)NC3CCCCC3)sc2c1. The van der Waals surface area contributed by atoms with Crippen LogP contribution in [0.1, 0.15) is 42.5 Å². The zero-order valence-electron chi connectivity index (χ0n) is 12.9. The number of aromatic nitrogens is 1. The average molecular weight is 349 g/mol. The molecule has 2 N–H and O–H groups in total. The number of rotatable bonds is 3. The van der Waals surface area contributed by atoms with E-state index in [9.17, 15) is 4.79 Å². The molecule has 0 aliphatic heterocycles. The summed E-state index contributed by atoms with van der Waals surface area (Å²) in [7, 11) is 1.38. The number of hydrogen-bond acceptors (Lipinski definition) is 5. The number of carbonyl (C=O) groups is 1. The highest BCUT2D eigenvalue weighted by Gasteiger charge is 2.15. The van der Waals surface area contributed by atoms with Gasteiger partial charge in [-0.3, -0.25) is 0 Å². The van der Waals surface area contributed by atoms with Gasteiger partial charge in [0.1, 0.15) is 0 Å². The number of methoxy groups -OCH3 is 1. The minimum absolute atomic E-state index is 0.343. The van der Waals surface area contributed by atoms with Gasteiger partial charge in [-0.25, -0.2) is 9.78 Å². The van der Waals surface area contributed by atoms with Crippen LogP contribution in [0.5, 0.6) is 0 Å². The summed E-state index contributed by atoms with van der Waals surface area (Å²) in [6, 6.07) is 5.79. The standard InChI is InChI=1S/C16H19N3O2S2/c1-21-14(20)10-7-8-12-13(9-10)23-16(18-12)19-15(22)17-11-5-3-2-4-6-11/h7-9,11H,2-6H2,1H3,(H2,17,18,19,22). The number of ether oxygens (including phenoxy) is 1. The van der Waals surface area contributed by atoms with E-state index in [0.717, 1.165) is 15.3 Å². The van der Waals surface area contributed by atoms with E-state index in [4.69, 9.17) is 17.0 Å². The van der Waals surface area contributed by atoms with E-state index in [-0.39, 0.29) is 5.97 Å². The van der Waals surface area contributed by atoms with Crippen LogP contribution < -0.4 is 10.6 Å². The Bertz CT molecular complexity index is 723. The highest BCUT2D eigenvalue weighted by atomic mass is 32.1. The lowest BCUT2D eigenvalue weighted by molar-refractivity contribution is 0.0601. The zero-order chi connectivity index (χ0) is 16.2. The smallest absolute Gasteiger partial charge is 0.337 e. The van der Waals surface area contributed by atoms with Crippen LogP contribution in [-0.4, -0.2) is 29.2 Å². The van der Waals surface area contributed by atoms with Gasteiger partial charge in [0, 0.05) is 6.04 Å². The van der Waals surface area contributed by atoms with Crippen molar-refractivity contribution < 1.29 is 9.53 Å². The molecule has 2 aromatic rings. The van der Waals surface area contributed by atoms with Crippen LogP contribution in [-0.2, 0) is 4.74 Å². The van der Waals surface area contributed by atoms with Crippen molar-refractivity contribution in [1.82, 2.24) is 10.3 Å². The van der Waals surface area contributed by atoms with Crippen LogP contribution in [0.25, 0.3) is 10.2 Å². The number of thiocarbonyl (C=S) groups is 1. The van der Waals surface area contributed by atoms with E-state index in [2.05, 4.69) is 15.6 Å². The van der Waals surface area contributed by atoms with Gasteiger partial charge < -0.3 is 15.4 Å². The molecule has 0 saturated heterocycles. The Morgan fingerprint density at radius 1 is 1.35 bits per heavy atom. The Balaban J connectivity index is 1.67. The van der Waals surface area contributed by atoms with Gasteiger partial charge in [0.05, 0.1) is 22.9 Å². The molecule has 1 fully saturated rings. The zero-order valence-corrected chi connectivity index (χ0v) is 14.6. The van der Waals surface area contributed by atoms with Crippen molar-refractivity contribution in [2.45, 2.75) is 38.1 Å². The summed E-state index contributed by atoms with van der Waals surface area (Å²) in [6.07, 6.45) is 6.18. The van der Waals surface area contributed by atoms with Gasteiger partial charge >= 0.3 is 5.97 Å². The van der Waals surface area contributed by atoms with Crippen molar-refractivity contribution in [3.63, 3.8) is 0 Å². The molecule has 7 heteroatoms. The van der Waals surface area contributed by atoms with Gasteiger partial charge in [-0.05, 0) is 43.3 Å². The Kier molecular flexibility index (Phi) is 5.07. The molecule has 0 spiro atoms. The molecule has 1 aromatic heterocycles. The van der Waals surface area contributed by atoms with Gasteiger partial charge in [-0.2, -0.15) is 0 Å². The van der Waals surface area contributed by atoms with Crippen LogP contribution in [0, 0.1) is 0 Å². The van der Waals surface area contributed by atoms with E-state index in [1.54, 1.807) is 12.1 Å². The van der Waals surface area contributed by atoms with E-state index in [1.807, 2.05) is 6.07 Å². The average Bonchev–Trinajstić information content (AvgIpc) is 2.95. The number of carbonyl (C=O) groups excluding carboxylic acids is 1. The predicted octanol–water partition coefficient (Wildman–Crippen LogP) is 3.70. The molecular formula is C16H19N3O2S2. The summed E-state index contributed by atoms with van der Waals surface area (Å²) in [5, 5.41) is 7.86. The summed E-state index contributed by atoms with van der Waals surface area (Å²) in [6.45, 7) is 0. The van der Waals surface area contributed by atoms with Crippen molar-refractivity contribution in [3.8, 4) is 0 Å². The fourth-order valence-corrected chi connectivity index (χ4v) is 4.03. The maximum absolute atomic E-state index is 11.6. The van der Waals surface area contributed by atoms with Crippen molar-refractivity contribution in [1.29, 1.82) is 0 Å². The summed E-state index contributed by atoms with van der Waals surface area (Å²) >= 11 is 6.85. The second-order valence-corrected chi connectivity index (χ2v) is 7.07. The van der Waals surface area contributed by atoms with E-state index < -0.39 is 0 Å². The highest BCUT2D eigenvalue weighted by Crippen LogP contribution is 2.27. The Hall–Kier alpha value is -1.73. The summed E-state index contributed by atoms with van der Waals surface area (Å²) in [4.78, 5) is 16.1. The van der Waals surface area contributed by atoms with Crippen LogP contribution >= 0.6 is 23.6 Å². The number of nitrogens with one attached hydrogen (secondary N) is 2. The molecule has 1 aliphatic rings. The molecule has 0 unspecified atom stereocenters. The molecule has 3 rings (SSSR count). The maximum atomic E-state index is 11.6. The Morgan fingerprint density at radius 2 is 2.13 bits per heavy atom. The Morgan fingerprint density at radius 3 is 2.87 bits per heavy atom. The predicted molar refractivity (Wildman–Crippen MR) is 97.2 cm³/mol. The van der Waals surface area contributed by atoms with E-state index in [0.29, 0.717) is 16.7 Å². The lowest BCUT2D eigenvalue weighted by Crippen LogP contribution is -2.38. The van der Waals surface area contributed by atoms with Crippen LogP contribution in [0.2, 0.25) is 0 Å². The van der Waals surface area contributed by atoms with Crippen LogP contribution in [0.15, 0.2) is 18.2 Å². The normalized spacial score (nSPS) is 15.3. The minimum atomic E-state index is -0.343. The van der Waals surface area contributed by atoms with Crippen LogP contribution in [0.3, 0.4) is 0 Å². The van der Waals surface area contributed by atoms with Crippen molar-refractivity contribution in [3.05, 3.63) is 23.8 Å². The van der Waals surface area contributed by atoms with Crippen molar-refractivity contribution in [2.75, 3.05) is 12.4 Å². The molecule has 0 radical (unpaired) electrons. The third-order valence-corrected chi connectivity index (χ3v) is 5.12. The first-order valence-corrected chi connectivity index (χ1v) is 8.94. The molecule has 23 heavy (non-hydrogen) atoms. The van der Waals surface area contributed by atoms with Gasteiger partial charge in [0.2, 0.25) is 0 Å². The monoisotopic (exact) mass is 349 g/mol. The fraction of sp³-hybridized carbons (Fsp3) is 0.438. The molecule has 122 valence electrons. The second-order valence-electron chi connectivity index (χ2n) is 5.63. The molecule has 0 bridgehead atoms. The lowest BCUT2D eigenvalue weighted by Gasteiger charge is -2.23. The first kappa shape index (κ1) is 16.1. The number of anilines is 1. The molecule has 0 amide bonds. The summed E-state index contributed by atoms with van der Waals surface area (Å²) in [5.74, 6) is -0.343. The number of nitrogens with zero attached hydrogens (tertiary/aromatic N) is 1. The highest BCUT2D eigenvalue weighted by molar-refractivity contribution is 7.80. The molecular weight excluding hydrogens is 330 g/mol. The van der Waals surface area contributed by atoms with Gasteiger partial charge in [0.25, 0.3) is 0 Å². The summed E-state index contributed by atoms with van der Waals surface area (Å²) < 4.78 is 5.67. The van der Waals surface area contributed by atoms with Crippen molar-refractivity contribution >= 4 is 50.0 Å². The van der Waals surface area contributed by atoms with Gasteiger partial charge in [0.15, 0.2) is 10.2 Å². The molecule has 1 aromatic carbocycles. The van der Waals surface area contributed by atoms with Crippen LogP contribution in [0.4, 0.5) is 5.13 Å². The topological polar surface area (TPSA) is 63.2 Å². The number of thiazole rings is 1. The van der Waals surface area contributed by atoms with Crippen molar-refractivity contribution in [2.24, 2.45) is 0 Å². The molecule has 1 saturated carbocycles. The van der Waals surface area contributed by atoms with E-state index >= 15 is 0 Å². The fourth-order valence-electron chi connectivity index (χ4n) is 2.79. The molecule has 0 atom stereocenters.